The van der Waals surface area contributed by atoms with Gasteiger partial charge < -0.3 is 14.8 Å². The molecule has 0 bridgehead atoms. The number of amides is 3. The molecule has 10 nitrogen and oxygen atoms in total. The molecule has 36 heavy (non-hydrogen) atoms. The fourth-order valence-corrected chi connectivity index (χ4v) is 3.91. The average Bonchev–Trinajstić information content (AvgIpc) is 3.43. The lowest BCUT2D eigenvalue weighted by molar-refractivity contribution is -0.123. The maximum atomic E-state index is 13.0. The molecule has 0 aliphatic carbocycles. The van der Waals surface area contributed by atoms with Crippen molar-refractivity contribution in [3.8, 4) is 5.75 Å². The highest BCUT2D eigenvalue weighted by Crippen LogP contribution is 2.27. The van der Waals surface area contributed by atoms with Crippen LogP contribution in [0.4, 0.5) is 5.82 Å². The molecule has 1 aliphatic heterocycles. The van der Waals surface area contributed by atoms with Crippen LogP contribution in [-0.4, -0.2) is 51.6 Å². The molecule has 3 aromatic rings. The van der Waals surface area contributed by atoms with E-state index in [-0.39, 0.29) is 23.9 Å². The zero-order chi connectivity index (χ0) is 26.0. The van der Waals surface area contributed by atoms with Crippen LogP contribution in [0.2, 0.25) is 0 Å². The van der Waals surface area contributed by atoms with Gasteiger partial charge in [-0.05, 0) is 50.6 Å². The van der Waals surface area contributed by atoms with Gasteiger partial charge in [0.1, 0.15) is 17.1 Å². The number of hydrogen-bond donors (Lipinski definition) is 1. The number of methoxy groups -OCH3 is 1. The number of esters is 1. The standard InChI is InChI=1S/C26H26N4O6/c1-15(2)30-22(11-12-27-30)28-23(31)16(3)36-26(34)20-13-17(9-10-21(20)35-4)14-29-24(32)18-7-5-6-8-19(18)25(29)33/h5-13,15-16H,14H2,1-4H3,(H,28,31). The van der Waals surface area contributed by atoms with E-state index in [0.29, 0.717) is 22.5 Å². The van der Waals surface area contributed by atoms with Crippen molar-refractivity contribution in [2.24, 2.45) is 0 Å². The van der Waals surface area contributed by atoms with Crippen LogP contribution < -0.4 is 10.1 Å². The van der Waals surface area contributed by atoms with Crippen molar-refractivity contribution in [3.05, 3.63) is 77.0 Å². The molecule has 3 amide bonds. The van der Waals surface area contributed by atoms with E-state index in [1.54, 1.807) is 53.3 Å². The number of aromatic nitrogens is 2. The van der Waals surface area contributed by atoms with Crippen LogP contribution in [-0.2, 0) is 16.1 Å². The highest BCUT2D eigenvalue weighted by molar-refractivity contribution is 6.21. The highest BCUT2D eigenvalue weighted by Gasteiger charge is 2.35. The number of anilines is 1. The van der Waals surface area contributed by atoms with Crippen molar-refractivity contribution < 1.29 is 28.7 Å². The Morgan fingerprint density at radius 3 is 2.28 bits per heavy atom. The quantitative estimate of drug-likeness (QED) is 0.379. The Morgan fingerprint density at radius 2 is 1.67 bits per heavy atom. The van der Waals surface area contributed by atoms with Gasteiger partial charge >= 0.3 is 5.97 Å². The van der Waals surface area contributed by atoms with Crippen molar-refractivity contribution in [3.63, 3.8) is 0 Å². The molecule has 0 spiro atoms. The number of carbonyl (C=O) groups is 4. The molecule has 1 atom stereocenters. The molecular weight excluding hydrogens is 464 g/mol. The number of hydrogen-bond acceptors (Lipinski definition) is 7. The summed E-state index contributed by atoms with van der Waals surface area (Å²) in [4.78, 5) is 52.1. The Labute approximate surface area is 207 Å². The van der Waals surface area contributed by atoms with E-state index < -0.39 is 29.8 Å². The Bertz CT molecular complexity index is 1310. The summed E-state index contributed by atoms with van der Waals surface area (Å²) in [5.74, 6) is -1.39. The maximum absolute atomic E-state index is 13.0. The first kappa shape index (κ1) is 24.6. The van der Waals surface area contributed by atoms with Crippen molar-refractivity contribution in [2.45, 2.75) is 39.5 Å². The average molecular weight is 491 g/mol. The van der Waals surface area contributed by atoms with Crippen molar-refractivity contribution >= 4 is 29.5 Å². The van der Waals surface area contributed by atoms with Crippen LogP contribution >= 0.6 is 0 Å². The molecule has 2 heterocycles. The zero-order valence-corrected chi connectivity index (χ0v) is 20.3. The molecule has 0 radical (unpaired) electrons. The summed E-state index contributed by atoms with van der Waals surface area (Å²) in [5, 5.41) is 6.87. The van der Waals surface area contributed by atoms with Gasteiger partial charge in [-0.1, -0.05) is 18.2 Å². The van der Waals surface area contributed by atoms with Crippen molar-refractivity contribution in [1.29, 1.82) is 0 Å². The normalized spacial score (nSPS) is 13.5. The van der Waals surface area contributed by atoms with Gasteiger partial charge in [-0.25, -0.2) is 9.48 Å². The van der Waals surface area contributed by atoms with Crippen LogP contribution in [0.25, 0.3) is 0 Å². The Morgan fingerprint density at radius 1 is 1.00 bits per heavy atom. The van der Waals surface area contributed by atoms with Gasteiger partial charge in [-0.15, -0.1) is 0 Å². The number of ether oxygens (including phenoxy) is 2. The molecule has 1 aliphatic rings. The number of benzene rings is 2. The van der Waals surface area contributed by atoms with Crippen molar-refractivity contribution in [2.75, 3.05) is 12.4 Å². The summed E-state index contributed by atoms with van der Waals surface area (Å²) in [6, 6.07) is 13.0. The van der Waals surface area contributed by atoms with E-state index in [4.69, 9.17) is 9.47 Å². The summed E-state index contributed by atoms with van der Waals surface area (Å²) in [6.07, 6.45) is 0.453. The smallest absolute Gasteiger partial charge is 0.342 e. The molecule has 0 saturated carbocycles. The fraction of sp³-hybridized carbons (Fsp3) is 0.269. The summed E-state index contributed by atoms with van der Waals surface area (Å²) < 4.78 is 12.3. The lowest BCUT2D eigenvalue weighted by Crippen LogP contribution is -2.31. The van der Waals surface area contributed by atoms with E-state index >= 15 is 0 Å². The minimum atomic E-state index is -1.11. The second-order valence-electron chi connectivity index (χ2n) is 8.57. The molecule has 1 N–H and O–H groups in total. The molecule has 0 fully saturated rings. The van der Waals surface area contributed by atoms with Gasteiger partial charge in [-0.3, -0.25) is 19.3 Å². The Kier molecular flexibility index (Phi) is 6.86. The molecule has 1 aromatic heterocycles. The third-order valence-corrected chi connectivity index (χ3v) is 5.77. The SMILES string of the molecule is COc1ccc(CN2C(=O)c3ccccc3C2=O)cc1C(=O)OC(C)C(=O)Nc1ccnn1C(C)C. The lowest BCUT2D eigenvalue weighted by atomic mass is 10.1. The van der Waals surface area contributed by atoms with E-state index in [9.17, 15) is 19.2 Å². The van der Waals surface area contributed by atoms with E-state index in [2.05, 4.69) is 10.4 Å². The minimum Gasteiger partial charge on any atom is -0.496 e. The summed E-state index contributed by atoms with van der Waals surface area (Å²) in [5.41, 5.74) is 1.28. The first-order valence-electron chi connectivity index (χ1n) is 11.4. The first-order chi connectivity index (χ1) is 17.2. The van der Waals surface area contributed by atoms with Gasteiger partial charge in [0.25, 0.3) is 17.7 Å². The lowest BCUT2D eigenvalue weighted by Gasteiger charge is -2.18. The largest absolute Gasteiger partial charge is 0.496 e. The molecule has 2 aromatic carbocycles. The summed E-state index contributed by atoms with van der Waals surface area (Å²) >= 11 is 0. The molecule has 10 heteroatoms. The third kappa shape index (κ3) is 4.70. The molecule has 0 saturated heterocycles. The van der Waals surface area contributed by atoms with Gasteiger partial charge in [0.15, 0.2) is 6.10 Å². The third-order valence-electron chi connectivity index (χ3n) is 5.77. The van der Waals surface area contributed by atoms with Crippen LogP contribution in [0.1, 0.15) is 63.5 Å². The van der Waals surface area contributed by atoms with Crippen molar-refractivity contribution in [1.82, 2.24) is 14.7 Å². The summed E-state index contributed by atoms with van der Waals surface area (Å²) in [6.45, 7) is 5.27. The predicted octanol–water partition coefficient (Wildman–Crippen LogP) is 3.45. The number of rotatable bonds is 8. The number of nitrogens with one attached hydrogen (secondary N) is 1. The molecular formula is C26H26N4O6. The second kappa shape index (κ2) is 10.0. The molecule has 186 valence electrons. The fourth-order valence-electron chi connectivity index (χ4n) is 3.91. The van der Waals surface area contributed by atoms with Gasteiger partial charge in [0.05, 0.1) is 31.0 Å². The van der Waals surface area contributed by atoms with E-state index in [0.717, 1.165) is 4.90 Å². The molecule has 1 unspecified atom stereocenters. The first-order valence-corrected chi connectivity index (χ1v) is 11.4. The van der Waals surface area contributed by atoms with E-state index in [1.165, 1.54) is 20.1 Å². The number of fused-ring (bicyclic) bond motifs is 1. The van der Waals surface area contributed by atoms with Gasteiger partial charge in [0.2, 0.25) is 0 Å². The Balaban J connectivity index is 1.48. The second-order valence-corrected chi connectivity index (χ2v) is 8.57. The monoisotopic (exact) mass is 490 g/mol. The van der Waals surface area contributed by atoms with Crippen LogP contribution in [0, 0.1) is 0 Å². The van der Waals surface area contributed by atoms with Crippen LogP contribution in [0.15, 0.2) is 54.7 Å². The minimum absolute atomic E-state index is 0.0299. The molecule has 4 rings (SSSR count). The van der Waals surface area contributed by atoms with Crippen LogP contribution in [0.3, 0.4) is 0 Å². The maximum Gasteiger partial charge on any atom is 0.342 e. The highest BCUT2D eigenvalue weighted by atomic mass is 16.5. The number of nitrogens with zero attached hydrogens (tertiary/aromatic N) is 3. The van der Waals surface area contributed by atoms with Gasteiger partial charge in [-0.2, -0.15) is 5.10 Å². The van der Waals surface area contributed by atoms with E-state index in [1.807, 2.05) is 13.8 Å². The number of imide groups is 1. The Hall–Kier alpha value is -4.47. The van der Waals surface area contributed by atoms with Gasteiger partial charge in [0, 0.05) is 12.1 Å². The van der Waals surface area contributed by atoms with Crippen LogP contribution in [0.5, 0.6) is 5.75 Å². The summed E-state index contributed by atoms with van der Waals surface area (Å²) in [7, 11) is 1.40. The zero-order valence-electron chi connectivity index (χ0n) is 20.3. The number of carbonyl (C=O) groups excluding carboxylic acids is 4. The topological polar surface area (TPSA) is 120 Å². The predicted molar refractivity (Wildman–Crippen MR) is 130 cm³/mol.